The van der Waals surface area contributed by atoms with E-state index < -0.39 is 11.8 Å². The highest BCUT2D eigenvalue weighted by atomic mass is 16.5. The zero-order valence-electron chi connectivity index (χ0n) is 15.7. The van der Waals surface area contributed by atoms with Crippen molar-refractivity contribution in [3.63, 3.8) is 0 Å². The van der Waals surface area contributed by atoms with Crippen molar-refractivity contribution >= 4 is 11.8 Å². The molecule has 2 aromatic carbocycles. The Morgan fingerprint density at radius 1 is 0.815 bits per heavy atom. The number of carbonyl (C=O) groups excluding carboxylic acids is 2. The van der Waals surface area contributed by atoms with Gasteiger partial charge < -0.3 is 14.2 Å². The van der Waals surface area contributed by atoms with Crippen LogP contribution in [0.4, 0.5) is 0 Å². The molecule has 0 aliphatic heterocycles. The number of hydrogen-bond acceptors (Lipinski definition) is 5. The molecule has 7 heteroatoms. The number of hydrogen-bond donors (Lipinski definition) is 2. The molecule has 0 spiro atoms. The van der Waals surface area contributed by atoms with E-state index in [2.05, 4.69) is 10.9 Å². The van der Waals surface area contributed by atoms with E-state index in [1.807, 2.05) is 38.1 Å². The van der Waals surface area contributed by atoms with Crippen LogP contribution in [-0.4, -0.2) is 32.1 Å². The summed E-state index contributed by atoms with van der Waals surface area (Å²) >= 11 is 0. The lowest BCUT2D eigenvalue weighted by molar-refractivity contribution is -0.131. The van der Waals surface area contributed by atoms with Crippen LogP contribution in [0.5, 0.6) is 17.2 Å². The van der Waals surface area contributed by atoms with Gasteiger partial charge >= 0.3 is 0 Å². The molecular weight excluding hydrogens is 348 g/mol. The van der Waals surface area contributed by atoms with Crippen molar-refractivity contribution in [2.24, 2.45) is 0 Å². The highest BCUT2D eigenvalue weighted by Gasteiger charge is 2.11. The Hall–Kier alpha value is -3.22. The van der Waals surface area contributed by atoms with E-state index in [0.717, 1.165) is 5.56 Å². The number of rotatable bonds is 8. The Bertz CT molecular complexity index is 776. The maximum absolute atomic E-state index is 11.9. The van der Waals surface area contributed by atoms with Crippen LogP contribution in [0.1, 0.15) is 25.3 Å². The Morgan fingerprint density at radius 3 is 1.85 bits per heavy atom. The summed E-state index contributed by atoms with van der Waals surface area (Å²) < 4.78 is 16.0. The van der Waals surface area contributed by atoms with Crippen LogP contribution < -0.4 is 25.1 Å². The highest BCUT2D eigenvalue weighted by Crippen LogP contribution is 2.26. The highest BCUT2D eigenvalue weighted by molar-refractivity contribution is 5.83. The minimum absolute atomic E-state index is 0.211. The van der Waals surface area contributed by atoms with Gasteiger partial charge in [0.25, 0.3) is 11.8 Å². The molecule has 0 heterocycles. The summed E-state index contributed by atoms with van der Waals surface area (Å²) in [6.45, 7) is 3.61. The molecule has 0 atom stereocenters. The van der Waals surface area contributed by atoms with Crippen molar-refractivity contribution in [1.82, 2.24) is 10.9 Å². The summed E-state index contributed by atoms with van der Waals surface area (Å²) in [7, 11) is 1.51. The molecule has 27 heavy (non-hydrogen) atoms. The van der Waals surface area contributed by atoms with Crippen molar-refractivity contribution in [2.75, 3.05) is 20.3 Å². The summed E-state index contributed by atoms with van der Waals surface area (Å²) in [6, 6.07) is 14.5. The van der Waals surface area contributed by atoms with Gasteiger partial charge in [-0.25, -0.2) is 0 Å². The van der Waals surface area contributed by atoms with Gasteiger partial charge in [0.05, 0.1) is 7.11 Å². The van der Waals surface area contributed by atoms with E-state index in [0.29, 0.717) is 17.2 Å². The molecule has 0 aromatic heterocycles. The van der Waals surface area contributed by atoms with E-state index in [4.69, 9.17) is 14.2 Å². The molecule has 144 valence electrons. The molecule has 2 rings (SSSR count). The minimum atomic E-state index is -0.503. The monoisotopic (exact) mass is 372 g/mol. The molecule has 0 aliphatic rings. The van der Waals surface area contributed by atoms with Crippen LogP contribution in [0.3, 0.4) is 0 Å². The molecule has 2 amide bonds. The molecular formula is C20H24N2O5. The van der Waals surface area contributed by atoms with E-state index >= 15 is 0 Å². The maximum Gasteiger partial charge on any atom is 0.276 e. The van der Waals surface area contributed by atoms with Gasteiger partial charge in [-0.3, -0.25) is 20.4 Å². The number of ether oxygens (including phenoxy) is 3. The van der Waals surface area contributed by atoms with Gasteiger partial charge in [0, 0.05) is 0 Å². The number of para-hydroxylation sites is 3. The first-order valence-electron chi connectivity index (χ1n) is 8.56. The lowest BCUT2D eigenvalue weighted by atomic mass is 10.0. The number of carbonyl (C=O) groups is 2. The summed E-state index contributed by atoms with van der Waals surface area (Å²) in [5.74, 6) is 0.905. The number of nitrogens with one attached hydrogen (secondary N) is 2. The molecule has 0 radical (unpaired) electrons. The van der Waals surface area contributed by atoms with Gasteiger partial charge in [0.2, 0.25) is 0 Å². The van der Waals surface area contributed by atoms with Gasteiger partial charge in [-0.2, -0.15) is 0 Å². The molecule has 7 nitrogen and oxygen atoms in total. The molecule has 2 aromatic rings. The third kappa shape index (κ3) is 6.22. The summed E-state index contributed by atoms with van der Waals surface area (Å²) in [6.07, 6.45) is 0. The minimum Gasteiger partial charge on any atom is -0.493 e. The zero-order chi connectivity index (χ0) is 19.6. The molecule has 2 N–H and O–H groups in total. The third-order valence-electron chi connectivity index (χ3n) is 3.67. The van der Waals surface area contributed by atoms with Gasteiger partial charge in [-0.15, -0.1) is 0 Å². The third-order valence-corrected chi connectivity index (χ3v) is 3.67. The van der Waals surface area contributed by atoms with Gasteiger partial charge in [0.15, 0.2) is 24.7 Å². The van der Waals surface area contributed by atoms with Crippen molar-refractivity contribution in [3.8, 4) is 17.2 Å². The van der Waals surface area contributed by atoms with Crippen molar-refractivity contribution in [1.29, 1.82) is 0 Å². The van der Waals surface area contributed by atoms with E-state index in [-0.39, 0.29) is 19.1 Å². The first kappa shape index (κ1) is 20.1. The second-order valence-corrected chi connectivity index (χ2v) is 6.02. The number of amides is 2. The fourth-order valence-electron chi connectivity index (χ4n) is 2.33. The van der Waals surface area contributed by atoms with Crippen molar-refractivity contribution in [3.05, 3.63) is 54.1 Å². The van der Waals surface area contributed by atoms with E-state index in [1.165, 1.54) is 7.11 Å². The standard InChI is InChI=1S/C20H24N2O5/c1-14(2)15-8-4-5-9-16(15)26-12-19(23)21-22-20(24)13-27-18-11-7-6-10-17(18)25-3/h4-11,14H,12-13H2,1-3H3,(H,21,23)(H,22,24). The Labute approximate surface area is 158 Å². The second kappa shape index (κ2) is 10.1. The molecule has 0 aliphatic carbocycles. The van der Waals surface area contributed by atoms with Crippen LogP contribution in [0.15, 0.2) is 48.5 Å². The predicted molar refractivity (Wildman–Crippen MR) is 101 cm³/mol. The summed E-state index contributed by atoms with van der Waals surface area (Å²) in [5, 5.41) is 0. The molecule has 0 saturated carbocycles. The van der Waals surface area contributed by atoms with Crippen LogP contribution >= 0.6 is 0 Å². The van der Waals surface area contributed by atoms with Crippen LogP contribution in [0.25, 0.3) is 0 Å². The van der Waals surface area contributed by atoms with Gasteiger partial charge in [0.1, 0.15) is 5.75 Å². The van der Waals surface area contributed by atoms with Crippen molar-refractivity contribution in [2.45, 2.75) is 19.8 Å². The lowest BCUT2D eigenvalue weighted by Crippen LogP contribution is -2.45. The van der Waals surface area contributed by atoms with Crippen molar-refractivity contribution < 1.29 is 23.8 Å². The number of hydrazine groups is 1. The van der Waals surface area contributed by atoms with Crippen LogP contribution in [-0.2, 0) is 9.59 Å². The largest absolute Gasteiger partial charge is 0.493 e. The average Bonchev–Trinajstić information content (AvgIpc) is 2.69. The quantitative estimate of drug-likeness (QED) is 0.695. The normalized spacial score (nSPS) is 10.2. The fourth-order valence-corrected chi connectivity index (χ4v) is 2.33. The fraction of sp³-hybridized carbons (Fsp3) is 0.300. The summed E-state index contributed by atoms with van der Waals surface area (Å²) in [5.41, 5.74) is 5.58. The number of benzene rings is 2. The first-order chi connectivity index (χ1) is 13.0. The predicted octanol–water partition coefficient (Wildman–Crippen LogP) is 2.42. The molecule has 0 fully saturated rings. The Balaban J connectivity index is 1.75. The molecule has 0 unspecified atom stereocenters. The van der Waals surface area contributed by atoms with Crippen LogP contribution in [0.2, 0.25) is 0 Å². The topological polar surface area (TPSA) is 85.9 Å². The maximum atomic E-state index is 11.9. The summed E-state index contributed by atoms with van der Waals surface area (Å²) in [4.78, 5) is 23.7. The van der Waals surface area contributed by atoms with E-state index in [9.17, 15) is 9.59 Å². The average molecular weight is 372 g/mol. The molecule has 0 bridgehead atoms. The lowest BCUT2D eigenvalue weighted by Gasteiger charge is -2.14. The van der Waals surface area contributed by atoms with Crippen LogP contribution in [0, 0.1) is 0 Å². The number of methoxy groups -OCH3 is 1. The smallest absolute Gasteiger partial charge is 0.276 e. The zero-order valence-corrected chi connectivity index (χ0v) is 15.7. The van der Waals surface area contributed by atoms with Gasteiger partial charge in [-0.1, -0.05) is 44.2 Å². The SMILES string of the molecule is COc1ccccc1OCC(=O)NNC(=O)COc1ccccc1C(C)C. The van der Waals surface area contributed by atoms with Gasteiger partial charge in [-0.05, 0) is 29.7 Å². The first-order valence-corrected chi connectivity index (χ1v) is 8.56. The Kier molecular flexibility index (Phi) is 7.49. The Morgan fingerprint density at radius 2 is 1.30 bits per heavy atom. The second-order valence-electron chi connectivity index (χ2n) is 6.02. The molecule has 0 saturated heterocycles. The van der Waals surface area contributed by atoms with E-state index in [1.54, 1.807) is 24.3 Å².